The number of carbonyl (C=O) groups is 2. The van der Waals surface area contributed by atoms with Crippen LogP contribution in [0.4, 0.5) is 0 Å². The number of allylic oxidation sites excluding steroid dienone is 8. The van der Waals surface area contributed by atoms with Crippen LogP contribution in [-0.2, 0) is 32.7 Å². The normalized spacial score (nSPS) is 14.2. The van der Waals surface area contributed by atoms with E-state index in [-0.39, 0.29) is 13.0 Å². The van der Waals surface area contributed by atoms with Crippen LogP contribution in [0.1, 0.15) is 219 Å². The van der Waals surface area contributed by atoms with Crippen molar-refractivity contribution in [2.45, 2.75) is 231 Å². The molecule has 10 nitrogen and oxygen atoms in total. The summed E-state index contributed by atoms with van der Waals surface area (Å²) in [6.07, 6.45) is 54.7. The van der Waals surface area contributed by atoms with Crippen LogP contribution >= 0.6 is 7.82 Å². The van der Waals surface area contributed by atoms with Crippen molar-refractivity contribution in [1.82, 2.24) is 0 Å². The Morgan fingerprint density at radius 2 is 0.951 bits per heavy atom. The van der Waals surface area contributed by atoms with Crippen molar-refractivity contribution in [2.75, 3.05) is 26.4 Å². The van der Waals surface area contributed by atoms with E-state index in [4.69, 9.17) is 29.4 Å². The molecule has 0 radical (unpaired) electrons. The third-order valence-electron chi connectivity index (χ3n) is 10.6. The van der Waals surface area contributed by atoms with E-state index in [1.165, 1.54) is 135 Å². The van der Waals surface area contributed by atoms with Gasteiger partial charge in [-0.05, 0) is 51.4 Å². The number of unbranched alkanes of at least 4 members (excludes halogenated alkanes) is 25. The summed E-state index contributed by atoms with van der Waals surface area (Å²) in [4.78, 5) is 33.6. The van der Waals surface area contributed by atoms with Crippen molar-refractivity contribution in [3.05, 3.63) is 48.6 Å². The molecule has 356 valence electrons. The van der Waals surface area contributed by atoms with Gasteiger partial charge in [0, 0.05) is 13.0 Å². The molecule has 0 fully saturated rings. The quantitative estimate of drug-likeness (QED) is 0.0233. The number of carboxylic acids is 1. The summed E-state index contributed by atoms with van der Waals surface area (Å²) >= 11 is 0. The van der Waals surface area contributed by atoms with Gasteiger partial charge in [-0.15, -0.1) is 0 Å². The van der Waals surface area contributed by atoms with Crippen LogP contribution in [0, 0.1) is 0 Å². The molecule has 0 amide bonds. The highest BCUT2D eigenvalue weighted by Crippen LogP contribution is 2.43. The van der Waals surface area contributed by atoms with Crippen molar-refractivity contribution in [1.29, 1.82) is 0 Å². The molecule has 0 saturated heterocycles. The van der Waals surface area contributed by atoms with Gasteiger partial charge in [0.05, 0.1) is 19.8 Å². The van der Waals surface area contributed by atoms with E-state index in [1.807, 2.05) is 0 Å². The molecule has 0 aliphatic rings. The predicted octanol–water partition coefficient (Wildman–Crippen LogP) is 14.2. The number of hydrogen-bond acceptors (Lipinski definition) is 8. The van der Waals surface area contributed by atoms with Crippen molar-refractivity contribution >= 4 is 19.8 Å². The van der Waals surface area contributed by atoms with Crippen molar-refractivity contribution < 1.29 is 42.7 Å². The molecular weight excluding hydrogens is 790 g/mol. The lowest BCUT2D eigenvalue weighted by atomic mass is 10.0. The molecule has 0 aromatic heterocycles. The molecule has 0 heterocycles. The summed E-state index contributed by atoms with van der Waals surface area (Å²) in [6.45, 7) is 3.74. The number of aliphatic carboxylic acids is 1. The first-order valence-electron chi connectivity index (χ1n) is 24.7. The second kappa shape index (κ2) is 45.9. The molecular formula is C50H92NO9P. The van der Waals surface area contributed by atoms with Crippen molar-refractivity contribution in [3.63, 3.8) is 0 Å². The number of carboxylic acid groups (broad SMARTS) is 1. The van der Waals surface area contributed by atoms with Crippen LogP contribution in [0.2, 0.25) is 0 Å². The highest BCUT2D eigenvalue weighted by molar-refractivity contribution is 7.47. The lowest BCUT2D eigenvalue weighted by Crippen LogP contribution is -2.34. The summed E-state index contributed by atoms with van der Waals surface area (Å²) in [6, 6.07) is -1.48. The van der Waals surface area contributed by atoms with E-state index in [1.54, 1.807) is 0 Å². The average molecular weight is 882 g/mol. The Morgan fingerprint density at radius 3 is 1.39 bits per heavy atom. The van der Waals surface area contributed by atoms with E-state index in [0.717, 1.165) is 57.8 Å². The zero-order chi connectivity index (χ0) is 44.8. The van der Waals surface area contributed by atoms with Crippen LogP contribution in [0.5, 0.6) is 0 Å². The number of carbonyl (C=O) groups excluding carboxylic acids is 1. The summed E-state index contributed by atoms with van der Waals surface area (Å²) in [5.74, 6) is -1.82. The minimum atomic E-state index is -4.63. The predicted molar refractivity (Wildman–Crippen MR) is 254 cm³/mol. The fourth-order valence-corrected chi connectivity index (χ4v) is 7.61. The number of phosphoric ester groups is 1. The number of hydrogen-bond donors (Lipinski definition) is 3. The zero-order valence-electron chi connectivity index (χ0n) is 39.0. The average Bonchev–Trinajstić information content (AvgIpc) is 3.24. The summed E-state index contributed by atoms with van der Waals surface area (Å²) in [5.41, 5.74) is 5.36. The fraction of sp³-hybridized carbons (Fsp3) is 0.800. The maximum atomic E-state index is 12.6. The molecule has 0 saturated carbocycles. The van der Waals surface area contributed by atoms with E-state index < -0.39 is 45.1 Å². The maximum absolute atomic E-state index is 12.6. The number of rotatable bonds is 47. The standard InChI is InChI=1S/C50H92NO9P/c1-3-5-7-9-11-13-15-17-19-20-21-22-23-24-25-26-27-29-31-33-35-37-39-41-43-57-44-47(45-58-61(55,56)59-46-48(51)50(53)54)60-49(52)42-40-38-36-34-32-30-28-18-16-14-12-10-8-6-4-2/h6,8,12,14,18,28,32,34,47-48H,3-5,7,9-11,13,15-17,19-27,29-31,33,35-46,51H2,1-2H3,(H,53,54)(H,55,56)/b8-6-,14-12-,28-18-,34-32-. The second-order valence-corrected chi connectivity index (χ2v) is 18.0. The van der Waals surface area contributed by atoms with Crippen molar-refractivity contribution in [2.24, 2.45) is 5.73 Å². The van der Waals surface area contributed by atoms with Gasteiger partial charge in [0.1, 0.15) is 12.1 Å². The van der Waals surface area contributed by atoms with Gasteiger partial charge in [0.25, 0.3) is 0 Å². The number of ether oxygens (including phenoxy) is 2. The molecule has 3 unspecified atom stereocenters. The molecule has 0 aromatic carbocycles. The molecule has 11 heteroatoms. The van der Waals surface area contributed by atoms with Gasteiger partial charge in [-0.2, -0.15) is 0 Å². The van der Waals surface area contributed by atoms with Crippen LogP contribution in [-0.4, -0.2) is 60.5 Å². The Bertz CT molecular complexity index is 1160. The van der Waals surface area contributed by atoms with Gasteiger partial charge in [0.2, 0.25) is 0 Å². The Balaban J connectivity index is 4.12. The van der Waals surface area contributed by atoms with Crippen molar-refractivity contribution in [3.8, 4) is 0 Å². The molecule has 0 aliphatic heterocycles. The van der Waals surface area contributed by atoms with Gasteiger partial charge < -0.3 is 25.2 Å². The third-order valence-corrected chi connectivity index (χ3v) is 11.6. The van der Waals surface area contributed by atoms with Gasteiger partial charge in [-0.3, -0.25) is 18.6 Å². The molecule has 0 aliphatic carbocycles. The molecule has 3 atom stereocenters. The summed E-state index contributed by atoms with van der Waals surface area (Å²) in [5, 5.41) is 8.91. The lowest BCUT2D eigenvalue weighted by molar-refractivity contribution is -0.154. The first kappa shape index (κ1) is 58.9. The smallest absolute Gasteiger partial charge is 0.472 e. The Kier molecular flexibility index (Phi) is 44.4. The highest BCUT2D eigenvalue weighted by atomic mass is 31.2. The topological polar surface area (TPSA) is 155 Å². The number of nitrogens with two attached hydrogens (primary N) is 1. The molecule has 0 bridgehead atoms. The first-order chi connectivity index (χ1) is 29.7. The van der Waals surface area contributed by atoms with Crippen LogP contribution in [0.25, 0.3) is 0 Å². The minimum Gasteiger partial charge on any atom is -0.480 e. The first-order valence-corrected chi connectivity index (χ1v) is 26.2. The van der Waals surface area contributed by atoms with Gasteiger partial charge >= 0.3 is 19.8 Å². The minimum absolute atomic E-state index is 0.00168. The van der Waals surface area contributed by atoms with E-state index in [9.17, 15) is 19.0 Å². The monoisotopic (exact) mass is 882 g/mol. The third kappa shape index (κ3) is 45.8. The SMILES string of the molecule is CC/C=C\C/C=C\C/C=C\C/C=C\CCCCC(=O)OC(COCCCCCCCCCCCCCCCCCCCCCCCCCC)COP(=O)(O)OCC(N)C(=O)O. The second-order valence-electron chi connectivity index (χ2n) is 16.6. The maximum Gasteiger partial charge on any atom is 0.472 e. The Hall–Kier alpha value is -2.07. The van der Waals surface area contributed by atoms with Crippen LogP contribution in [0.3, 0.4) is 0 Å². The highest BCUT2D eigenvalue weighted by Gasteiger charge is 2.27. The summed E-state index contributed by atoms with van der Waals surface area (Å²) in [7, 11) is -4.63. The van der Waals surface area contributed by atoms with Crippen LogP contribution < -0.4 is 5.73 Å². The summed E-state index contributed by atoms with van der Waals surface area (Å²) < 4.78 is 33.4. The number of esters is 1. The van der Waals surface area contributed by atoms with Gasteiger partial charge in [-0.1, -0.05) is 210 Å². The van der Waals surface area contributed by atoms with Gasteiger partial charge in [-0.25, -0.2) is 4.57 Å². The Labute approximate surface area is 373 Å². The van der Waals surface area contributed by atoms with E-state index in [2.05, 4.69) is 62.5 Å². The molecule has 4 N–H and O–H groups in total. The zero-order valence-corrected chi connectivity index (χ0v) is 39.9. The van der Waals surface area contributed by atoms with Gasteiger partial charge in [0.15, 0.2) is 0 Å². The van der Waals surface area contributed by atoms with E-state index in [0.29, 0.717) is 13.0 Å². The molecule has 0 aromatic rings. The van der Waals surface area contributed by atoms with E-state index >= 15 is 0 Å². The van der Waals surface area contributed by atoms with Crippen LogP contribution in [0.15, 0.2) is 48.6 Å². The fourth-order valence-electron chi connectivity index (χ4n) is 6.83. The molecule has 0 rings (SSSR count). The Morgan fingerprint density at radius 1 is 0.541 bits per heavy atom. The molecule has 61 heavy (non-hydrogen) atoms. The lowest BCUT2D eigenvalue weighted by Gasteiger charge is -2.20. The largest absolute Gasteiger partial charge is 0.480 e. The number of phosphoric acid groups is 1. The molecule has 0 spiro atoms.